The van der Waals surface area contributed by atoms with Crippen LogP contribution < -0.4 is 8.91 Å². The Labute approximate surface area is 89.3 Å². The Morgan fingerprint density at radius 3 is 2.50 bits per heavy atom. The molecule has 1 aromatic rings. The fourth-order valence-electron chi connectivity index (χ4n) is 1.39. The molecule has 88 valence electrons. The molecule has 16 heavy (non-hydrogen) atoms. The first-order valence-electron chi connectivity index (χ1n) is 4.17. The molecule has 0 saturated carbocycles. The van der Waals surface area contributed by atoms with Crippen molar-refractivity contribution in [1.29, 1.82) is 0 Å². The zero-order valence-corrected chi connectivity index (χ0v) is 8.47. The van der Waals surface area contributed by atoms with Gasteiger partial charge in [0.15, 0.2) is 0 Å². The maximum atomic E-state index is 12.6. The van der Waals surface area contributed by atoms with E-state index in [2.05, 4.69) is 4.18 Å². The molecular formula is C8H6F3NO3S. The lowest BCUT2D eigenvalue weighted by molar-refractivity contribution is -0.154. The minimum Gasteiger partial charge on any atom is -0.371 e. The van der Waals surface area contributed by atoms with Crippen LogP contribution in [0.15, 0.2) is 24.3 Å². The lowest BCUT2D eigenvalue weighted by Gasteiger charge is -2.27. The predicted octanol–water partition coefficient (Wildman–Crippen LogP) is 1.52. The summed E-state index contributed by atoms with van der Waals surface area (Å²) in [4.78, 5) is 0. The molecule has 0 spiro atoms. The molecule has 1 N–H and O–H groups in total. The maximum absolute atomic E-state index is 12.6. The average molecular weight is 253 g/mol. The Balaban J connectivity index is 2.57. The highest BCUT2D eigenvalue weighted by atomic mass is 32.2. The van der Waals surface area contributed by atoms with E-state index in [4.69, 9.17) is 0 Å². The Bertz CT molecular complexity index is 512. The molecule has 0 aliphatic carbocycles. The standard InChI is InChI=1S/C8H6F3NO3S/c9-8(10,11)7-5-3-1-2-4-6(5)15-16(13,14)12-7/h1-4,7,12H. The van der Waals surface area contributed by atoms with Gasteiger partial charge in [-0.15, -0.1) is 0 Å². The first-order chi connectivity index (χ1) is 7.30. The third-order valence-corrected chi connectivity index (χ3v) is 2.94. The van der Waals surface area contributed by atoms with E-state index in [-0.39, 0.29) is 11.3 Å². The number of alkyl halides is 3. The van der Waals surface area contributed by atoms with Crippen LogP contribution in [0, 0.1) is 0 Å². The number of rotatable bonds is 0. The maximum Gasteiger partial charge on any atom is 0.409 e. The lowest BCUT2D eigenvalue weighted by atomic mass is 10.1. The van der Waals surface area contributed by atoms with Gasteiger partial charge in [-0.3, -0.25) is 0 Å². The molecule has 2 rings (SSSR count). The van der Waals surface area contributed by atoms with Crippen molar-refractivity contribution in [2.45, 2.75) is 12.2 Å². The van der Waals surface area contributed by atoms with Crippen molar-refractivity contribution < 1.29 is 25.8 Å². The minimum atomic E-state index is -4.70. The van der Waals surface area contributed by atoms with Crippen LogP contribution in [-0.4, -0.2) is 14.6 Å². The van der Waals surface area contributed by atoms with Crippen molar-refractivity contribution in [2.24, 2.45) is 0 Å². The number of benzene rings is 1. The number of hydrogen-bond donors (Lipinski definition) is 1. The highest BCUT2D eigenvalue weighted by molar-refractivity contribution is 7.85. The van der Waals surface area contributed by atoms with Crippen molar-refractivity contribution in [2.75, 3.05) is 0 Å². The monoisotopic (exact) mass is 253 g/mol. The largest absolute Gasteiger partial charge is 0.409 e. The van der Waals surface area contributed by atoms with Gasteiger partial charge in [-0.05, 0) is 6.07 Å². The molecule has 0 bridgehead atoms. The normalized spacial score (nSPS) is 23.3. The molecule has 1 aromatic carbocycles. The summed E-state index contributed by atoms with van der Waals surface area (Å²) in [6, 6.07) is 2.84. The quantitative estimate of drug-likeness (QED) is 0.762. The van der Waals surface area contributed by atoms with E-state index in [0.717, 1.165) is 6.07 Å². The molecule has 0 amide bonds. The van der Waals surface area contributed by atoms with E-state index in [1.54, 1.807) is 0 Å². The second-order valence-electron chi connectivity index (χ2n) is 3.17. The summed E-state index contributed by atoms with van der Waals surface area (Å²) in [5, 5.41) is 0. The van der Waals surface area contributed by atoms with Crippen molar-refractivity contribution in [3.8, 4) is 5.75 Å². The van der Waals surface area contributed by atoms with E-state index in [1.807, 2.05) is 0 Å². The van der Waals surface area contributed by atoms with Gasteiger partial charge in [0.1, 0.15) is 11.8 Å². The molecule has 4 nitrogen and oxygen atoms in total. The van der Waals surface area contributed by atoms with E-state index in [1.165, 1.54) is 22.9 Å². The minimum absolute atomic E-state index is 0.246. The van der Waals surface area contributed by atoms with Crippen molar-refractivity contribution in [3.63, 3.8) is 0 Å². The summed E-state index contributed by atoms with van der Waals surface area (Å²) in [5.41, 5.74) is -0.246. The smallest absolute Gasteiger partial charge is 0.371 e. The van der Waals surface area contributed by atoms with Crippen LogP contribution in [0.25, 0.3) is 0 Å². The molecule has 1 heterocycles. The molecule has 0 fully saturated rings. The van der Waals surface area contributed by atoms with Gasteiger partial charge in [0.05, 0.1) is 0 Å². The zero-order valence-electron chi connectivity index (χ0n) is 7.65. The van der Waals surface area contributed by atoms with Gasteiger partial charge in [0.25, 0.3) is 0 Å². The number of fused-ring (bicyclic) bond motifs is 1. The Hall–Kier alpha value is -1.28. The van der Waals surface area contributed by atoms with Crippen LogP contribution in [-0.2, 0) is 10.3 Å². The van der Waals surface area contributed by atoms with Crippen molar-refractivity contribution in [1.82, 2.24) is 4.72 Å². The SMILES string of the molecule is O=S1(=O)NC(C(F)(F)F)c2ccccc2O1. The average Bonchev–Trinajstić information content (AvgIpc) is 2.13. The molecular weight excluding hydrogens is 247 g/mol. The van der Waals surface area contributed by atoms with Crippen LogP contribution in [0.5, 0.6) is 5.75 Å². The van der Waals surface area contributed by atoms with Gasteiger partial charge < -0.3 is 4.18 Å². The topological polar surface area (TPSA) is 55.4 Å². The van der Waals surface area contributed by atoms with Crippen LogP contribution in [0.4, 0.5) is 13.2 Å². The molecule has 1 atom stereocenters. The Morgan fingerprint density at radius 2 is 1.88 bits per heavy atom. The first kappa shape index (κ1) is 11.2. The third kappa shape index (κ3) is 1.98. The zero-order chi connectivity index (χ0) is 12.0. The van der Waals surface area contributed by atoms with Crippen molar-refractivity contribution >= 4 is 10.3 Å². The second-order valence-corrected chi connectivity index (χ2v) is 4.48. The fourth-order valence-corrected chi connectivity index (χ4v) is 2.37. The summed E-state index contributed by atoms with van der Waals surface area (Å²) in [6.07, 6.45) is -4.70. The van der Waals surface area contributed by atoms with Crippen molar-refractivity contribution in [3.05, 3.63) is 29.8 Å². The molecule has 1 aliphatic rings. The van der Waals surface area contributed by atoms with Gasteiger partial charge in [-0.1, -0.05) is 18.2 Å². The Kier molecular flexibility index (Phi) is 2.35. The fraction of sp³-hybridized carbons (Fsp3) is 0.250. The summed E-state index contributed by atoms with van der Waals surface area (Å²) >= 11 is 0. The van der Waals surface area contributed by atoms with Gasteiger partial charge in [0.2, 0.25) is 0 Å². The Morgan fingerprint density at radius 1 is 1.25 bits per heavy atom. The summed E-state index contributed by atoms with van der Waals surface area (Å²) in [5.74, 6) is -0.302. The van der Waals surface area contributed by atoms with E-state index in [0.29, 0.717) is 0 Å². The molecule has 1 unspecified atom stereocenters. The first-order valence-corrected chi connectivity index (χ1v) is 5.58. The second kappa shape index (κ2) is 3.36. The van der Waals surface area contributed by atoms with Gasteiger partial charge in [-0.2, -0.15) is 26.3 Å². The highest BCUT2D eigenvalue weighted by Crippen LogP contribution is 2.40. The van der Waals surface area contributed by atoms with E-state index < -0.39 is 22.5 Å². The summed E-state index contributed by atoms with van der Waals surface area (Å²) in [7, 11) is -4.40. The number of halogens is 3. The van der Waals surface area contributed by atoms with Crippen LogP contribution in [0.3, 0.4) is 0 Å². The highest BCUT2D eigenvalue weighted by Gasteiger charge is 2.47. The predicted molar refractivity (Wildman–Crippen MR) is 47.9 cm³/mol. The number of hydrogen-bond acceptors (Lipinski definition) is 3. The lowest BCUT2D eigenvalue weighted by Crippen LogP contribution is -2.43. The number of nitrogens with one attached hydrogen (secondary N) is 1. The molecule has 8 heteroatoms. The molecule has 1 aliphatic heterocycles. The van der Waals surface area contributed by atoms with Gasteiger partial charge in [-0.25, -0.2) is 0 Å². The molecule has 0 saturated heterocycles. The van der Waals surface area contributed by atoms with E-state index in [9.17, 15) is 21.6 Å². The van der Waals surface area contributed by atoms with Gasteiger partial charge in [0, 0.05) is 5.56 Å². The van der Waals surface area contributed by atoms with Crippen LogP contribution in [0.1, 0.15) is 11.6 Å². The summed E-state index contributed by atoms with van der Waals surface area (Å²) < 4.78 is 65.6. The number of para-hydroxylation sites is 1. The van der Waals surface area contributed by atoms with Gasteiger partial charge >= 0.3 is 16.5 Å². The third-order valence-electron chi connectivity index (χ3n) is 2.02. The molecule has 0 aromatic heterocycles. The van der Waals surface area contributed by atoms with Crippen LogP contribution in [0.2, 0.25) is 0 Å². The molecule has 0 radical (unpaired) electrons. The summed E-state index contributed by atoms with van der Waals surface area (Å²) in [6.45, 7) is 0. The van der Waals surface area contributed by atoms with Crippen LogP contribution >= 0.6 is 0 Å². The van der Waals surface area contributed by atoms with E-state index >= 15 is 0 Å².